The Balaban J connectivity index is 2.50. The summed E-state index contributed by atoms with van der Waals surface area (Å²) in [6.45, 7) is 4.48. The number of nitrogens with two attached hydrogens (primary N) is 1. The summed E-state index contributed by atoms with van der Waals surface area (Å²) in [7, 11) is 1.74. The molecule has 1 saturated heterocycles. The van der Waals surface area contributed by atoms with E-state index in [1.54, 1.807) is 25.8 Å². The minimum absolute atomic E-state index is 0.0687. The first-order valence-corrected chi connectivity index (χ1v) is 5.12. The topological polar surface area (TPSA) is 75.4 Å². The number of carbonyl (C=O) groups excluding carboxylic acids is 2. The Bertz CT molecular complexity index is 276. The summed E-state index contributed by atoms with van der Waals surface area (Å²) in [6.07, 6.45) is 0.392. The molecule has 5 nitrogen and oxygen atoms in total. The van der Waals surface area contributed by atoms with Crippen LogP contribution in [0.4, 0.5) is 0 Å². The van der Waals surface area contributed by atoms with Gasteiger partial charge in [-0.15, -0.1) is 0 Å². The molecule has 86 valence electrons. The summed E-state index contributed by atoms with van der Waals surface area (Å²) in [5, 5.41) is 2.85. The van der Waals surface area contributed by atoms with Gasteiger partial charge in [-0.05, 0) is 13.8 Å². The van der Waals surface area contributed by atoms with Crippen LogP contribution in [0.2, 0.25) is 0 Å². The van der Waals surface area contributed by atoms with Crippen molar-refractivity contribution in [3.8, 4) is 0 Å². The van der Waals surface area contributed by atoms with Crippen LogP contribution in [-0.2, 0) is 9.59 Å². The van der Waals surface area contributed by atoms with Crippen molar-refractivity contribution in [1.29, 1.82) is 0 Å². The van der Waals surface area contributed by atoms with E-state index in [2.05, 4.69) is 5.32 Å². The molecule has 0 aromatic carbocycles. The van der Waals surface area contributed by atoms with Crippen LogP contribution in [0.1, 0.15) is 20.3 Å². The van der Waals surface area contributed by atoms with Crippen molar-refractivity contribution < 1.29 is 9.59 Å². The van der Waals surface area contributed by atoms with Crippen LogP contribution in [0.3, 0.4) is 0 Å². The van der Waals surface area contributed by atoms with Gasteiger partial charge in [0.05, 0.1) is 11.5 Å². The molecule has 1 aliphatic heterocycles. The SMILES string of the molecule is CN1CC(NC(=O)C(C)(C)CN)CC1=O. The molecule has 0 saturated carbocycles. The predicted octanol–water partition coefficient (Wildman–Crippen LogP) is -0.682. The van der Waals surface area contributed by atoms with E-state index in [-0.39, 0.29) is 17.9 Å². The molecular weight excluding hydrogens is 194 g/mol. The Morgan fingerprint density at radius 1 is 1.67 bits per heavy atom. The molecule has 1 fully saturated rings. The molecule has 1 rings (SSSR count). The number of hydrogen-bond donors (Lipinski definition) is 2. The van der Waals surface area contributed by atoms with Crippen molar-refractivity contribution in [3.05, 3.63) is 0 Å². The molecule has 0 aromatic heterocycles. The second kappa shape index (κ2) is 4.18. The van der Waals surface area contributed by atoms with Gasteiger partial charge in [-0.3, -0.25) is 9.59 Å². The Kier molecular flexibility index (Phi) is 3.34. The Morgan fingerprint density at radius 3 is 2.67 bits per heavy atom. The van der Waals surface area contributed by atoms with Gasteiger partial charge < -0.3 is 16.0 Å². The molecule has 0 aliphatic carbocycles. The predicted molar refractivity (Wildman–Crippen MR) is 57.0 cm³/mol. The molecular formula is C10H19N3O2. The van der Waals surface area contributed by atoms with Gasteiger partial charge in [0.1, 0.15) is 0 Å². The van der Waals surface area contributed by atoms with Gasteiger partial charge in [0.15, 0.2) is 0 Å². The van der Waals surface area contributed by atoms with E-state index in [0.717, 1.165) is 0 Å². The second-order valence-corrected chi connectivity index (χ2v) is 4.74. The number of nitrogens with zero attached hydrogens (tertiary/aromatic N) is 1. The van der Waals surface area contributed by atoms with Crippen LogP contribution in [0.5, 0.6) is 0 Å². The van der Waals surface area contributed by atoms with E-state index in [1.807, 2.05) is 0 Å². The maximum atomic E-state index is 11.7. The van der Waals surface area contributed by atoms with Gasteiger partial charge in [0.2, 0.25) is 11.8 Å². The zero-order valence-electron chi connectivity index (χ0n) is 9.54. The summed E-state index contributed by atoms with van der Waals surface area (Å²) >= 11 is 0. The van der Waals surface area contributed by atoms with Crippen molar-refractivity contribution in [2.45, 2.75) is 26.3 Å². The molecule has 1 unspecified atom stereocenters. The van der Waals surface area contributed by atoms with Gasteiger partial charge >= 0.3 is 0 Å². The molecule has 0 bridgehead atoms. The third kappa shape index (κ3) is 2.68. The molecule has 3 N–H and O–H groups in total. The summed E-state index contributed by atoms with van der Waals surface area (Å²) in [6, 6.07) is -0.0687. The summed E-state index contributed by atoms with van der Waals surface area (Å²) < 4.78 is 0. The van der Waals surface area contributed by atoms with Gasteiger partial charge in [0, 0.05) is 26.6 Å². The number of rotatable bonds is 3. The van der Waals surface area contributed by atoms with Crippen molar-refractivity contribution in [1.82, 2.24) is 10.2 Å². The minimum Gasteiger partial charge on any atom is -0.351 e. The fourth-order valence-electron chi connectivity index (χ4n) is 1.43. The second-order valence-electron chi connectivity index (χ2n) is 4.74. The maximum Gasteiger partial charge on any atom is 0.227 e. The third-order valence-electron chi connectivity index (χ3n) is 2.80. The number of amides is 2. The van der Waals surface area contributed by atoms with Crippen LogP contribution in [-0.4, -0.2) is 42.9 Å². The molecule has 0 aromatic rings. The highest BCUT2D eigenvalue weighted by atomic mass is 16.2. The van der Waals surface area contributed by atoms with Crippen LogP contribution in [0, 0.1) is 5.41 Å². The third-order valence-corrected chi connectivity index (χ3v) is 2.80. The fourth-order valence-corrected chi connectivity index (χ4v) is 1.43. The van der Waals surface area contributed by atoms with Crippen LogP contribution >= 0.6 is 0 Å². The van der Waals surface area contributed by atoms with Gasteiger partial charge in [0.25, 0.3) is 0 Å². The minimum atomic E-state index is -0.565. The van der Waals surface area contributed by atoms with E-state index in [1.165, 1.54) is 0 Å². The number of hydrogen-bond acceptors (Lipinski definition) is 3. The van der Waals surface area contributed by atoms with E-state index >= 15 is 0 Å². The van der Waals surface area contributed by atoms with E-state index in [0.29, 0.717) is 19.5 Å². The van der Waals surface area contributed by atoms with E-state index in [4.69, 9.17) is 5.73 Å². The number of likely N-dealkylation sites (N-methyl/N-ethyl adjacent to an activating group) is 1. The highest BCUT2D eigenvalue weighted by Crippen LogP contribution is 2.15. The summed E-state index contributed by atoms with van der Waals surface area (Å²) in [5.74, 6) is -0.0102. The first-order valence-electron chi connectivity index (χ1n) is 5.12. The van der Waals surface area contributed by atoms with E-state index < -0.39 is 5.41 Å². The van der Waals surface area contributed by atoms with Crippen molar-refractivity contribution in [2.75, 3.05) is 20.1 Å². The Morgan fingerprint density at radius 2 is 2.27 bits per heavy atom. The molecule has 15 heavy (non-hydrogen) atoms. The van der Waals surface area contributed by atoms with Gasteiger partial charge in [-0.2, -0.15) is 0 Å². The van der Waals surface area contributed by atoms with Gasteiger partial charge in [-0.1, -0.05) is 0 Å². The fraction of sp³-hybridized carbons (Fsp3) is 0.800. The Labute approximate surface area is 90.0 Å². The molecule has 1 atom stereocenters. The number of nitrogens with one attached hydrogen (secondary N) is 1. The molecule has 0 radical (unpaired) electrons. The monoisotopic (exact) mass is 213 g/mol. The van der Waals surface area contributed by atoms with Crippen molar-refractivity contribution >= 4 is 11.8 Å². The van der Waals surface area contributed by atoms with Crippen LogP contribution in [0.15, 0.2) is 0 Å². The standard InChI is InChI=1S/C10H19N3O2/c1-10(2,6-11)9(15)12-7-4-8(14)13(3)5-7/h7H,4-6,11H2,1-3H3,(H,12,15). The lowest BCUT2D eigenvalue weighted by atomic mass is 9.92. The summed E-state index contributed by atoms with van der Waals surface area (Å²) in [4.78, 5) is 24.6. The zero-order chi connectivity index (χ0) is 11.6. The maximum absolute atomic E-state index is 11.7. The number of likely N-dealkylation sites (tertiary alicyclic amines) is 1. The lowest BCUT2D eigenvalue weighted by molar-refractivity contribution is -0.129. The Hall–Kier alpha value is -1.10. The first kappa shape index (κ1) is 12.0. The molecule has 1 aliphatic rings. The number of carbonyl (C=O) groups is 2. The van der Waals surface area contributed by atoms with E-state index in [9.17, 15) is 9.59 Å². The zero-order valence-corrected chi connectivity index (χ0v) is 9.54. The van der Waals surface area contributed by atoms with Gasteiger partial charge in [-0.25, -0.2) is 0 Å². The van der Waals surface area contributed by atoms with Crippen LogP contribution < -0.4 is 11.1 Å². The molecule has 1 heterocycles. The normalized spacial score (nSPS) is 22.0. The largest absolute Gasteiger partial charge is 0.351 e. The highest BCUT2D eigenvalue weighted by Gasteiger charge is 2.32. The van der Waals surface area contributed by atoms with Crippen molar-refractivity contribution in [3.63, 3.8) is 0 Å². The quantitative estimate of drug-likeness (QED) is 0.652. The average molecular weight is 213 g/mol. The lowest BCUT2D eigenvalue weighted by Crippen LogP contribution is -2.46. The highest BCUT2D eigenvalue weighted by molar-refractivity contribution is 5.84. The van der Waals surface area contributed by atoms with Crippen LogP contribution in [0.25, 0.3) is 0 Å². The lowest BCUT2D eigenvalue weighted by Gasteiger charge is -2.23. The molecule has 5 heteroatoms. The average Bonchev–Trinajstić information content (AvgIpc) is 2.46. The molecule has 2 amide bonds. The first-order chi connectivity index (χ1) is 6.86. The summed E-state index contributed by atoms with van der Waals surface area (Å²) in [5.41, 5.74) is 4.93. The molecule has 0 spiro atoms. The smallest absolute Gasteiger partial charge is 0.227 e. The van der Waals surface area contributed by atoms with Crippen molar-refractivity contribution in [2.24, 2.45) is 11.1 Å².